The molecule has 1 aliphatic carbocycles. The van der Waals surface area contributed by atoms with Gasteiger partial charge >= 0.3 is 0 Å². The highest BCUT2D eigenvalue weighted by Gasteiger charge is 2.41. The fourth-order valence-corrected chi connectivity index (χ4v) is 3.28. The Morgan fingerprint density at radius 1 is 1.38 bits per heavy atom. The van der Waals surface area contributed by atoms with E-state index in [-0.39, 0.29) is 17.8 Å². The van der Waals surface area contributed by atoms with Gasteiger partial charge in [-0.05, 0) is 30.5 Å². The van der Waals surface area contributed by atoms with Gasteiger partial charge < -0.3 is 15.4 Å². The van der Waals surface area contributed by atoms with Crippen molar-refractivity contribution in [1.82, 2.24) is 4.90 Å². The van der Waals surface area contributed by atoms with Crippen LogP contribution in [0.15, 0.2) is 24.3 Å². The van der Waals surface area contributed by atoms with Crippen LogP contribution in [0.25, 0.3) is 0 Å². The maximum atomic E-state index is 13.3. The first-order valence-electron chi connectivity index (χ1n) is 7.54. The number of benzene rings is 1. The van der Waals surface area contributed by atoms with E-state index in [1.807, 2.05) is 6.07 Å². The minimum atomic E-state index is -0.705. The van der Waals surface area contributed by atoms with E-state index in [1.165, 1.54) is 12.1 Å². The van der Waals surface area contributed by atoms with E-state index >= 15 is 0 Å². The molecular formula is C16H21FN2O2. The van der Waals surface area contributed by atoms with E-state index in [0.29, 0.717) is 19.7 Å². The summed E-state index contributed by atoms with van der Waals surface area (Å²) >= 11 is 0. The lowest BCUT2D eigenvalue weighted by atomic mass is 9.96. The summed E-state index contributed by atoms with van der Waals surface area (Å²) in [4.78, 5) is 14.4. The predicted octanol–water partition coefficient (Wildman–Crippen LogP) is 2.00. The SMILES string of the molecule is NC1(C(=O)N2CCOC(c3cccc(F)c3)C2)CCCC1. The van der Waals surface area contributed by atoms with Gasteiger partial charge in [-0.25, -0.2) is 4.39 Å². The summed E-state index contributed by atoms with van der Waals surface area (Å²) in [5.41, 5.74) is 6.31. The summed E-state index contributed by atoms with van der Waals surface area (Å²) in [5.74, 6) is -0.268. The molecule has 1 aromatic rings. The van der Waals surface area contributed by atoms with Gasteiger partial charge in [-0.1, -0.05) is 25.0 Å². The van der Waals surface area contributed by atoms with Gasteiger partial charge in [-0.2, -0.15) is 0 Å². The number of ether oxygens (including phenoxy) is 1. The van der Waals surface area contributed by atoms with Crippen molar-refractivity contribution in [3.63, 3.8) is 0 Å². The lowest BCUT2D eigenvalue weighted by molar-refractivity contribution is -0.144. The molecular weight excluding hydrogens is 271 g/mol. The maximum Gasteiger partial charge on any atom is 0.242 e. The Bertz CT molecular complexity index is 529. The van der Waals surface area contributed by atoms with Crippen LogP contribution in [0.4, 0.5) is 4.39 Å². The first-order chi connectivity index (χ1) is 10.1. The van der Waals surface area contributed by atoms with Crippen LogP contribution >= 0.6 is 0 Å². The molecule has 5 heteroatoms. The van der Waals surface area contributed by atoms with Crippen LogP contribution < -0.4 is 5.73 Å². The van der Waals surface area contributed by atoms with Crippen molar-refractivity contribution in [1.29, 1.82) is 0 Å². The van der Waals surface area contributed by atoms with Crippen molar-refractivity contribution >= 4 is 5.91 Å². The van der Waals surface area contributed by atoms with Crippen LogP contribution in [0, 0.1) is 5.82 Å². The van der Waals surface area contributed by atoms with E-state index in [4.69, 9.17) is 10.5 Å². The number of morpholine rings is 1. The molecule has 114 valence electrons. The zero-order chi connectivity index (χ0) is 14.9. The second-order valence-electron chi connectivity index (χ2n) is 6.03. The van der Waals surface area contributed by atoms with Gasteiger partial charge in [0.25, 0.3) is 0 Å². The number of nitrogens with two attached hydrogens (primary N) is 1. The molecule has 1 saturated carbocycles. The van der Waals surface area contributed by atoms with Gasteiger partial charge in [0.05, 0.1) is 18.7 Å². The maximum absolute atomic E-state index is 13.3. The predicted molar refractivity (Wildman–Crippen MR) is 77.1 cm³/mol. The van der Waals surface area contributed by atoms with Crippen LogP contribution in [0.5, 0.6) is 0 Å². The average molecular weight is 292 g/mol. The second kappa shape index (κ2) is 5.73. The van der Waals surface area contributed by atoms with Crippen LogP contribution in [0.3, 0.4) is 0 Å². The fraction of sp³-hybridized carbons (Fsp3) is 0.562. The zero-order valence-corrected chi connectivity index (χ0v) is 12.1. The summed E-state index contributed by atoms with van der Waals surface area (Å²) < 4.78 is 19.0. The molecule has 1 amide bonds. The molecule has 1 saturated heterocycles. The van der Waals surface area contributed by atoms with Gasteiger partial charge in [0.15, 0.2) is 0 Å². The number of halogens is 1. The lowest BCUT2D eigenvalue weighted by Gasteiger charge is -2.37. The van der Waals surface area contributed by atoms with Crippen molar-refractivity contribution in [2.24, 2.45) is 5.73 Å². The Kier molecular flexibility index (Phi) is 3.95. The average Bonchev–Trinajstić information content (AvgIpc) is 2.95. The number of carbonyl (C=O) groups is 1. The quantitative estimate of drug-likeness (QED) is 0.907. The van der Waals surface area contributed by atoms with Crippen LogP contribution in [-0.2, 0) is 9.53 Å². The summed E-state index contributed by atoms with van der Waals surface area (Å²) in [6, 6.07) is 6.36. The van der Waals surface area contributed by atoms with Crippen molar-refractivity contribution in [3.8, 4) is 0 Å². The Hall–Kier alpha value is -1.46. The van der Waals surface area contributed by atoms with E-state index in [2.05, 4.69) is 0 Å². The molecule has 2 fully saturated rings. The molecule has 4 nitrogen and oxygen atoms in total. The third-order valence-corrected chi connectivity index (χ3v) is 4.50. The third-order valence-electron chi connectivity index (χ3n) is 4.50. The number of rotatable bonds is 2. The monoisotopic (exact) mass is 292 g/mol. The highest BCUT2D eigenvalue weighted by molar-refractivity contribution is 5.86. The standard InChI is InChI=1S/C16H21FN2O2/c17-13-5-3-4-12(10-13)14-11-19(8-9-21-14)15(20)16(18)6-1-2-7-16/h3-5,10,14H,1-2,6-9,11,18H2. The van der Waals surface area contributed by atoms with Crippen molar-refractivity contribution in [3.05, 3.63) is 35.6 Å². The summed E-state index contributed by atoms with van der Waals surface area (Å²) in [6.07, 6.45) is 3.27. The first kappa shape index (κ1) is 14.5. The van der Waals surface area contributed by atoms with Gasteiger partial charge in [-0.3, -0.25) is 4.79 Å². The second-order valence-corrected chi connectivity index (χ2v) is 6.03. The molecule has 1 aliphatic heterocycles. The Morgan fingerprint density at radius 3 is 2.86 bits per heavy atom. The molecule has 0 spiro atoms. The smallest absolute Gasteiger partial charge is 0.242 e. The van der Waals surface area contributed by atoms with E-state index in [1.54, 1.807) is 11.0 Å². The topological polar surface area (TPSA) is 55.6 Å². The van der Waals surface area contributed by atoms with Crippen molar-refractivity contribution in [2.75, 3.05) is 19.7 Å². The molecule has 2 aliphatic rings. The fourth-order valence-electron chi connectivity index (χ4n) is 3.28. The molecule has 0 aromatic heterocycles. The highest BCUT2D eigenvalue weighted by atomic mass is 19.1. The molecule has 0 radical (unpaired) electrons. The number of amides is 1. The first-order valence-corrected chi connectivity index (χ1v) is 7.54. The Morgan fingerprint density at radius 2 is 2.14 bits per heavy atom. The molecule has 3 rings (SSSR count). The summed E-state index contributed by atoms with van der Waals surface area (Å²) in [7, 11) is 0. The largest absolute Gasteiger partial charge is 0.370 e. The van der Waals surface area contributed by atoms with Crippen LogP contribution in [0.1, 0.15) is 37.4 Å². The van der Waals surface area contributed by atoms with Crippen LogP contribution in [-0.4, -0.2) is 36.0 Å². The molecule has 1 heterocycles. The molecule has 1 aromatic carbocycles. The summed E-state index contributed by atoms with van der Waals surface area (Å²) in [5, 5.41) is 0. The number of carbonyl (C=O) groups excluding carboxylic acids is 1. The Balaban J connectivity index is 1.72. The van der Waals surface area contributed by atoms with Gasteiger partial charge in [0.2, 0.25) is 5.91 Å². The van der Waals surface area contributed by atoms with E-state index in [9.17, 15) is 9.18 Å². The zero-order valence-electron chi connectivity index (χ0n) is 12.1. The molecule has 0 bridgehead atoms. The third kappa shape index (κ3) is 2.94. The molecule has 2 N–H and O–H groups in total. The Labute approximate surface area is 124 Å². The van der Waals surface area contributed by atoms with Gasteiger partial charge in [0, 0.05) is 6.54 Å². The number of hydrogen-bond donors (Lipinski definition) is 1. The van der Waals surface area contributed by atoms with Crippen LogP contribution in [0.2, 0.25) is 0 Å². The number of nitrogens with zero attached hydrogens (tertiary/aromatic N) is 1. The molecule has 1 atom stereocenters. The van der Waals surface area contributed by atoms with E-state index in [0.717, 1.165) is 31.2 Å². The highest BCUT2D eigenvalue weighted by Crippen LogP contribution is 2.31. The van der Waals surface area contributed by atoms with E-state index < -0.39 is 5.54 Å². The van der Waals surface area contributed by atoms with Crippen molar-refractivity contribution < 1.29 is 13.9 Å². The minimum absolute atomic E-state index is 0.0182. The summed E-state index contributed by atoms with van der Waals surface area (Å²) in [6.45, 7) is 1.47. The van der Waals surface area contributed by atoms with Gasteiger partial charge in [-0.15, -0.1) is 0 Å². The minimum Gasteiger partial charge on any atom is -0.370 e. The lowest BCUT2D eigenvalue weighted by Crippen LogP contribution is -2.56. The van der Waals surface area contributed by atoms with Gasteiger partial charge in [0.1, 0.15) is 11.9 Å². The molecule has 1 unspecified atom stereocenters. The molecule has 21 heavy (non-hydrogen) atoms. The van der Waals surface area contributed by atoms with Crippen molar-refractivity contribution in [2.45, 2.75) is 37.3 Å². The number of hydrogen-bond acceptors (Lipinski definition) is 3. The normalized spacial score (nSPS) is 25.0.